The van der Waals surface area contributed by atoms with Crippen LogP contribution < -0.4 is 23.2 Å². The number of amides is 4. The molecule has 20 heavy (non-hydrogen) atoms. The summed E-state index contributed by atoms with van der Waals surface area (Å²) in [5.74, 6) is 8.45. The van der Waals surface area contributed by atoms with Crippen LogP contribution in [0.1, 0.15) is 12.8 Å². The number of rotatable bonds is 7. The van der Waals surface area contributed by atoms with E-state index in [0.29, 0.717) is 11.4 Å². The lowest BCUT2D eigenvalue weighted by atomic mass is 10.0. The van der Waals surface area contributed by atoms with Gasteiger partial charge in [0.25, 0.3) is 0 Å². The maximum Gasteiger partial charge on any atom is 0.328 e. The van der Waals surface area contributed by atoms with Gasteiger partial charge in [0.05, 0.1) is 12.5 Å². The Balaban J connectivity index is -0.00000144. The molecule has 0 aromatic carbocycles. The summed E-state index contributed by atoms with van der Waals surface area (Å²) < 4.78 is 0. The molecule has 0 aliphatic heterocycles. The number of carbonyl (C=O) groups excluding carboxylic acids is 2. The van der Waals surface area contributed by atoms with Gasteiger partial charge in [0.1, 0.15) is 0 Å². The van der Waals surface area contributed by atoms with Crippen molar-refractivity contribution < 1.29 is 19.5 Å². The number of carboxylic acid groups (broad SMARTS) is 1. The van der Waals surface area contributed by atoms with Crippen LogP contribution in [0.3, 0.4) is 0 Å². The largest absolute Gasteiger partial charge is 0.481 e. The average Bonchev–Trinajstić information content (AvgIpc) is 2.26. The van der Waals surface area contributed by atoms with Crippen LogP contribution in [-0.2, 0) is 4.79 Å². The van der Waals surface area contributed by atoms with Crippen LogP contribution in [0.2, 0.25) is 0 Å². The molecular weight excluding hydrogens is 315 g/mol. The van der Waals surface area contributed by atoms with E-state index in [4.69, 9.17) is 28.3 Å². The number of aliphatic carboxylic acids is 1. The van der Waals surface area contributed by atoms with E-state index in [-0.39, 0.29) is 44.3 Å². The highest BCUT2D eigenvalue weighted by molar-refractivity contribution is 5.85. The van der Waals surface area contributed by atoms with Crippen molar-refractivity contribution in [2.75, 3.05) is 13.1 Å². The number of primary amides is 2. The first kappa shape index (κ1) is 23.6. The highest BCUT2D eigenvalue weighted by atomic mass is 35.5. The third kappa shape index (κ3) is 9.44. The van der Waals surface area contributed by atoms with Crippen molar-refractivity contribution >= 4 is 42.8 Å². The molecular formula is C8H20Cl2N6O4. The van der Waals surface area contributed by atoms with Crippen LogP contribution >= 0.6 is 24.8 Å². The first-order valence-electron chi connectivity index (χ1n) is 5.11. The zero-order valence-electron chi connectivity index (χ0n) is 10.6. The van der Waals surface area contributed by atoms with Crippen molar-refractivity contribution in [2.45, 2.75) is 12.8 Å². The van der Waals surface area contributed by atoms with Crippen LogP contribution in [0.25, 0.3) is 0 Å². The summed E-state index contributed by atoms with van der Waals surface area (Å²) in [5, 5.41) is 10.3. The summed E-state index contributed by atoms with van der Waals surface area (Å²) >= 11 is 0. The number of nitrogens with zero attached hydrogens (tertiary/aromatic N) is 2. The number of carbonyl (C=O) groups is 3. The molecule has 120 valence electrons. The monoisotopic (exact) mass is 334 g/mol. The molecule has 9 N–H and O–H groups in total. The van der Waals surface area contributed by atoms with Gasteiger partial charge < -0.3 is 16.6 Å². The fraction of sp³-hybridized carbons (Fsp3) is 0.625. The van der Waals surface area contributed by atoms with E-state index < -0.39 is 23.9 Å². The van der Waals surface area contributed by atoms with Crippen LogP contribution in [-0.4, -0.2) is 46.2 Å². The number of halogens is 2. The Morgan fingerprint density at radius 2 is 1.45 bits per heavy atom. The first-order chi connectivity index (χ1) is 8.25. The summed E-state index contributed by atoms with van der Waals surface area (Å²) in [6.45, 7) is -0.105. The van der Waals surface area contributed by atoms with Crippen LogP contribution in [0.4, 0.5) is 9.59 Å². The van der Waals surface area contributed by atoms with Gasteiger partial charge in [0, 0.05) is 6.54 Å². The zero-order chi connectivity index (χ0) is 14.3. The molecule has 0 radical (unpaired) electrons. The Bertz CT molecular complexity index is 332. The molecule has 0 rings (SSSR count). The molecule has 4 amide bonds. The van der Waals surface area contributed by atoms with Gasteiger partial charge in [-0.1, -0.05) is 0 Å². The zero-order valence-corrected chi connectivity index (χ0v) is 12.2. The van der Waals surface area contributed by atoms with Crippen molar-refractivity contribution in [3.05, 3.63) is 0 Å². The summed E-state index contributed by atoms with van der Waals surface area (Å²) in [4.78, 5) is 32.2. The number of hydrazine groups is 2. The Kier molecular flexibility index (Phi) is 13.4. The summed E-state index contributed by atoms with van der Waals surface area (Å²) in [6, 6.07) is -1.72. The molecule has 0 saturated carbocycles. The Hall–Kier alpha value is -1.49. The average molecular weight is 335 g/mol. The van der Waals surface area contributed by atoms with Gasteiger partial charge in [-0.15, -0.1) is 24.8 Å². The van der Waals surface area contributed by atoms with Crippen molar-refractivity contribution in [1.29, 1.82) is 0 Å². The molecule has 0 bridgehead atoms. The predicted octanol–water partition coefficient (Wildman–Crippen LogP) is -1.18. The van der Waals surface area contributed by atoms with E-state index in [2.05, 4.69) is 0 Å². The molecule has 12 heteroatoms. The smallest absolute Gasteiger partial charge is 0.328 e. The van der Waals surface area contributed by atoms with E-state index >= 15 is 0 Å². The maximum absolute atomic E-state index is 10.9. The quantitative estimate of drug-likeness (QED) is 0.221. The molecule has 1 unspecified atom stereocenters. The Morgan fingerprint density at radius 1 is 1.00 bits per heavy atom. The number of carboxylic acids is 1. The van der Waals surface area contributed by atoms with Crippen molar-refractivity contribution in [1.82, 2.24) is 10.0 Å². The van der Waals surface area contributed by atoms with E-state index in [1.165, 1.54) is 0 Å². The van der Waals surface area contributed by atoms with Crippen molar-refractivity contribution in [2.24, 2.45) is 29.1 Å². The first-order valence-corrected chi connectivity index (χ1v) is 5.11. The lowest BCUT2D eigenvalue weighted by Crippen LogP contribution is -2.46. The maximum atomic E-state index is 10.9. The highest BCUT2D eigenvalue weighted by Gasteiger charge is 2.21. The molecule has 1 atom stereocenters. The topological polar surface area (TPSA) is 182 Å². The third-order valence-corrected chi connectivity index (χ3v) is 2.28. The van der Waals surface area contributed by atoms with Gasteiger partial charge >= 0.3 is 18.0 Å². The molecule has 10 nitrogen and oxygen atoms in total. The van der Waals surface area contributed by atoms with Crippen molar-refractivity contribution in [3.63, 3.8) is 0 Å². The number of hydrogen-bond acceptors (Lipinski definition) is 5. The van der Waals surface area contributed by atoms with Gasteiger partial charge in [-0.3, -0.25) is 14.8 Å². The highest BCUT2D eigenvalue weighted by Crippen LogP contribution is 2.08. The van der Waals surface area contributed by atoms with Gasteiger partial charge in [-0.2, -0.15) is 0 Å². The minimum Gasteiger partial charge on any atom is -0.481 e. The van der Waals surface area contributed by atoms with E-state index in [1.54, 1.807) is 0 Å². The van der Waals surface area contributed by atoms with Crippen LogP contribution in [0.15, 0.2) is 0 Å². The third-order valence-electron chi connectivity index (χ3n) is 2.28. The summed E-state index contributed by atoms with van der Waals surface area (Å²) in [5.41, 5.74) is 9.77. The molecule has 0 heterocycles. The SMILES string of the molecule is Cl.Cl.NC(=O)N(N)CCCC(CN(N)C(N)=O)C(=O)O. The molecule has 0 aliphatic carbocycles. The van der Waals surface area contributed by atoms with Gasteiger partial charge in [0.15, 0.2) is 0 Å². The van der Waals surface area contributed by atoms with Gasteiger partial charge in [-0.25, -0.2) is 21.3 Å². The van der Waals surface area contributed by atoms with Gasteiger partial charge in [-0.05, 0) is 12.8 Å². The van der Waals surface area contributed by atoms with Gasteiger partial charge in [0.2, 0.25) is 0 Å². The lowest BCUT2D eigenvalue weighted by Gasteiger charge is -2.20. The number of urea groups is 2. The van der Waals surface area contributed by atoms with E-state index in [0.717, 1.165) is 5.01 Å². The molecule has 0 aromatic heterocycles. The van der Waals surface area contributed by atoms with Crippen LogP contribution in [0, 0.1) is 5.92 Å². The molecule has 0 spiro atoms. The van der Waals surface area contributed by atoms with Crippen molar-refractivity contribution in [3.8, 4) is 0 Å². The predicted molar refractivity (Wildman–Crippen MR) is 75.8 cm³/mol. The molecule has 0 fully saturated rings. The van der Waals surface area contributed by atoms with Crippen LogP contribution in [0.5, 0.6) is 0 Å². The fourth-order valence-electron chi connectivity index (χ4n) is 1.24. The van der Waals surface area contributed by atoms with E-state index in [9.17, 15) is 14.4 Å². The second kappa shape index (κ2) is 11.3. The summed E-state index contributed by atoms with van der Waals surface area (Å²) in [6.07, 6.45) is 0.486. The number of hydrogen-bond donors (Lipinski definition) is 5. The second-order valence-electron chi connectivity index (χ2n) is 3.70. The Labute approximate surface area is 128 Å². The molecule has 0 aliphatic rings. The minimum atomic E-state index is -1.12. The number of nitrogens with two attached hydrogens (primary N) is 4. The normalized spacial score (nSPS) is 10.5. The van der Waals surface area contributed by atoms with E-state index in [1.807, 2.05) is 0 Å². The second-order valence-corrected chi connectivity index (χ2v) is 3.70. The lowest BCUT2D eigenvalue weighted by molar-refractivity contribution is -0.142. The summed E-state index contributed by atoms with van der Waals surface area (Å²) in [7, 11) is 0. The minimum absolute atomic E-state index is 0. The molecule has 0 aromatic rings. The Morgan fingerprint density at radius 3 is 1.80 bits per heavy atom. The fourth-order valence-corrected chi connectivity index (χ4v) is 1.24. The standard InChI is InChI=1S/C8H18N6O4.2ClH/c9-7(17)13(11)3-1-2-5(6(15)16)4-14(12)8(10)18;;/h5H,1-4,11-12H2,(H2,9,17)(H2,10,18)(H,15,16);2*1H. The molecule has 0 saturated heterocycles.